The van der Waals surface area contributed by atoms with Crippen molar-refractivity contribution in [3.63, 3.8) is 0 Å². The van der Waals surface area contributed by atoms with Crippen LogP contribution < -0.4 is 0 Å². The lowest BCUT2D eigenvalue weighted by atomic mass is 10.1. The fourth-order valence-electron chi connectivity index (χ4n) is 7.83. The summed E-state index contributed by atoms with van der Waals surface area (Å²) >= 11 is 0. The average molecular weight is 1080 g/mol. The summed E-state index contributed by atoms with van der Waals surface area (Å²) in [4.78, 5) is 35.7. The van der Waals surface area contributed by atoms with Gasteiger partial charge >= 0.3 is 19.8 Å². The molecule has 0 aliphatic heterocycles. The number of phosphoric ester groups is 1. The lowest BCUT2D eigenvalue weighted by Crippen LogP contribution is -2.37. The Balaban J connectivity index is 4.27. The monoisotopic (exact) mass is 1080 g/mol. The minimum Gasteiger partial charge on any atom is -0.462 e. The molecule has 0 aliphatic rings. The second-order valence-corrected chi connectivity index (χ2v) is 22.5. The number of hydrogen-bond acceptors (Lipinski definition) is 7. The van der Waals surface area contributed by atoms with Gasteiger partial charge in [0.1, 0.15) is 19.8 Å². The molecule has 434 valence electrons. The van der Waals surface area contributed by atoms with E-state index in [-0.39, 0.29) is 32.0 Å². The number of ether oxygens (including phenoxy) is 2. The molecule has 0 spiro atoms. The summed E-state index contributed by atoms with van der Waals surface area (Å²) in [5.41, 5.74) is 0. The van der Waals surface area contributed by atoms with E-state index in [1.165, 1.54) is 103 Å². The van der Waals surface area contributed by atoms with Crippen molar-refractivity contribution in [3.8, 4) is 0 Å². The predicted molar refractivity (Wildman–Crippen MR) is 325 cm³/mol. The topological polar surface area (TPSA) is 108 Å². The van der Waals surface area contributed by atoms with Gasteiger partial charge in [0.2, 0.25) is 0 Å². The SMILES string of the molecule is CC/C=C\C/C=C\C/C=C\C/C=C\C/C=C\C/C=C\C/C=C\C/C=C\C/C=C\CCCCCC(=O)OC(COC(=O)CCCCCCCCCCC/C=C\CCCCCCCCCC)COP(=O)(O)OCC[N+](C)(C)C. The van der Waals surface area contributed by atoms with Crippen LogP contribution in [0.1, 0.15) is 232 Å². The summed E-state index contributed by atoms with van der Waals surface area (Å²) in [5.74, 6) is -0.844. The van der Waals surface area contributed by atoms with E-state index < -0.39 is 26.5 Å². The van der Waals surface area contributed by atoms with Crippen molar-refractivity contribution >= 4 is 19.8 Å². The number of rotatable bonds is 54. The standard InChI is InChI=1S/C66H112NO8P/c1-6-8-10-12-14-16-18-20-22-24-26-28-29-30-31-32-33-34-35-36-37-39-41-43-45-47-49-51-53-55-57-59-66(69)75-64(63-74-76(70,71)73-61-60-67(3,4)5)62-72-65(68)58-56-54-52-50-48-46-44-42-40-38-27-25-23-21-19-17-15-13-11-9-7-2/h8,10,14,16,20,22,25-28,30-31,33-34,36-37,41,43,47,49,64H,6-7,9,11-13,15,17-19,21,23-24,29,32,35,38-40,42,44-46,48,50-63H2,1-5H3/p+1/b10-8-,16-14-,22-20-,27-25-,28-26-,31-30-,34-33-,37-36-,43-41-,49-47-. The van der Waals surface area contributed by atoms with Crippen LogP contribution in [-0.2, 0) is 32.7 Å². The summed E-state index contributed by atoms with van der Waals surface area (Å²) in [6.07, 6.45) is 79.8. The van der Waals surface area contributed by atoms with Crippen LogP contribution in [0.15, 0.2) is 122 Å². The van der Waals surface area contributed by atoms with Crippen LogP contribution in [0.25, 0.3) is 0 Å². The Labute approximate surface area is 467 Å². The predicted octanol–water partition coefficient (Wildman–Crippen LogP) is 19.1. The van der Waals surface area contributed by atoms with E-state index in [2.05, 4.69) is 135 Å². The highest BCUT2D eigenvalue weighted by molar-refractivity contribution is 7.47. The van der Waals surface area contributed by atoms with Gasteiger partial charge in [-0.15, -0.1) is 0 Å². The van der Waals surface area contributed by atoms with Gasteiger partial charge in [-0.25, -0.2) is 4.57 Å². The van der Waals surface area contributed by atoms with Crippen LogP contribution in [0.4, 0.5) is 0 Å². The van der Waals surface area contributed by atoms with Crippen molar-refractivity contribution in [2.45, 2.75) is 238 Å². The fourth-order valence-corrected chi connectivity index (χ4v) is 8.57. The Bertz CT molecular complexity index is 1700. The van der Waals surface area contributed by atoms with Gasteiger partial charge in [-0.05, 0) is 109 Å². The maximum atomic E-state index is 12.8. The Morgan fingerprint density at radius 1 is 0.421 bits per heavy atom. The highest BCUT2D eigenvalue weighted by Crippen LogP contribution is 2.43. The van der Waals surface area contributed by atoms with Crippen LogP contribution in [-0.4, -0.2) is 74.9 Å². The number of quaternary nitrogens is 1. The second-order valence-electron chi connectivity index (χ2n) is 21.0. The van der Waals surface area contributed by atoms with Crippen molar-refractivity contribution in [2.75, 3.05) is 47.5 Å². The molecule has 0 amide bonds. The van der Waals surface area contributed by atoms with Crippen LogP contribution >= 0.6 is 7.82 Å². The van der Waals surface area contributed by atoms with Crippen molar-refractivity contribution in [1.29, 1.82) is 0 Å². The molecule has 0 rings (SSSR count). The average Bonchev–Trinajstić information content (AvgIpc) is 3.38. The van der Waals surface area contributed by atoms with Crippen molar-refractivity contribution in [3.05, 3.63) is 122 Å². The molecule has 0 fully saturated rings. The highest BCUT2D eigenvalue weighted by Gasteiger charge is 2.27. The molecule has 2 unspecified atom stereocenters. The van der Waals surface area contributed by atoms with E-state index in [0.717, 1.165) is 96.3 Å². The fraction of sp³-hybridized carbons (Fsp3) is 0.667. The van der Waals surface area contributed by atoms with Gasteiger partial charge in [0.15, 0.2) is 6.10 Å². The molecule has 1 N–H and O–H groups in total. The molecule has 0 aromatic rings. The number of carbonyl (C=O) groups excluding carboxylic acids is 2. The molecule has 0 bridgehead atoms. The van der Waals surface area contributed by atoms with Crippen LogP contribution in [0, 0.1) is 0 Å². The Kier molecular flexibility index (Phi) is 53.5. The number of allylic oxidation sites excluding steroid dienone is 20. The number of esters is 2. The van der Waals surface area contributed by atoms with Crippen LogP contribution in [0.2, 0.25) is 0 Å². The van der Waals surface area contributed by atoms with E-state index in [1.54, 1.807) is 0 Å². The van der Waals surface area contributed by atoms with E-state index in [1.807, 2.05) is 21.1 Å². The van der Waals surface area contributed by atoms with E-state index >= 15 is 0 Å². The van der Waals surface area contributed by atoms with Crippen LogP contribution in [0.5, 0.6) is 0 Å². The molecular weight excluding hydrogens is 966 g/mol. The normalized spacial score (nSPS) is 14.1. The van der Waals surface area contributed by atoms with Gasteiger partial charge in [0.05, 0.1) is 27.7 Å². The first-order valence-corrected chi connectivity index (χ1v) is 31.8. The van der Waals surface area contributed by atoms with Gasteiger partial charge < -0.3 is 18.9 Å². The van der Waals surface area contributed by atoms with Gasteiger partial charge in [-0.3, -0.25) is 18.6 Å². The quantitative estimate of drug-likeness (QED) is 0.0211. The lowest BCUT2D eigenvalue weighted by molar-refractivity contribution is -0.870. The molecular formula is C66H113NO8P+. The molecule has 0 aromatic heterocycles. The van der Waals surface area contributed by atoms with Gasteiger partial charge in [-0.1, -0.05) is 232 Å². The number of likely N-dealkylation sites (N-methyl/N-ethyl adjacent to an activating group) is 1. The highest BCUT2D eigenvalue weighted by atomic mass is 31.2. The maximum Gasteiger partial charge on any atom is 0.472 e. The van der Waals surface area contributed by atoms with Crippen molar-refractivity contribution in [2.24, 2.45) is 0 Å². The van der Waals surface area contributed by atoms with E-state index in [4.69, 9.17) is 18.5 Å². The zero-order valence-corrected chi connectivity index (χ0v) is 50.1. The van der Waals surface area contributed by atoms with Crippen molar-refractivity contribution in [1.82, 2.24) is 0 Å². The number of hydrogen-bond donors (Lipinski definition) is 1. The largest absolute Gasteiger partial charge is 0.472 e. The molecule has 0 saturated carbocycles. The maximum absolute atomic E-state index is 12.8. The summed E-state index contributed by atoms with van der Waals surface area (Å²) in [6.45, 7) is 4.27. The molecule has 10 heteroatoms. The van der Waals surface area contributed by atoms with Crippen LogP contribution in [0.3, 0.4) is 0 Å². The lowest BCUT2D eigenvalue weighted by Gasteiger charge is -2.24. The molecule has 9 nitrogen and oxygen atoms in total. The summed E-state index contributed by atoms with van der Waals surface area (Å²) in [7, 11) is 1.44. The molecule has 76 heavy (non-hydrogen) atoms. The summed E-state index contributed by atoms with van der Waals surface area (Å²) in [5, 5.41) is 0. The minimum atomic E-state index is -4.41. The van der Waals surface area contributed by atoms with Gasteiger partial charge in [0.25, 0.3) is 0 Å². The van der Waals surface area contributed by atoms with Gasteiger partial charge in [-0.2, -0.15) is 0 Å². The Hall–Kier alpha value is -3.59. The van der Waals surface area contributed by atoms with Crippen molar-refractivity contribution < 1.29 is 42.1 Å². The second kappa shape index (κ2) is 56.1. The zero-order chi connectivity index (χ0) is 55.6. The summed E-state index contributed by atoms with van der Waals surface area (Å²) in [6, 6.07) is 0. The van der Waals surface area contributed by atoms with Gasteiger partial charge in [0, 0.05) is 12.8 Å². The minimum absolute atomic E-state index is 0.0182. The zero-order valence-electron chi connectivity index (χ0n) is 49.2. The first-order chi connectivity index (χ1) is 37.0. The Morgan fingerprint density at radius 3 is 1.14 bits per heavy atom. The van der Waals surface area contributed by atoms with E-state index in [9.17, 15) is 19.0 Å². The molecule has 0 aromatic carbocycles. The number of carbonyl (C=O) groups is 2. The molecule has 0 aliphatic carbocycles. The molecule has 0 saturated heterocycles. The Morgan fingerprint density at radius 2 is 0.750 bits per heavy atom. The third-order valence-corrected chi connectivity index (χ3v) is 13.5. The third kappa shape index (κ3) is 59.7. The molecule has 0 heterocycles. The smallest absolute Gasteiger partial charge is 0.462 e. The first kappa shape index (κ1) is 72.4. The number of unbranched alkanes of at least 4 members (excludes halogenated alkanes) is 20. The number of phosphoric acid groups is 1. The molecule has 2 atom stereocenters. The third-order valence-electron chi connectivity index (χ3n) is 12.5. The molecule has 0 radical (unpaired) electrons. The summed E-state index contributed by atoms with van der Waals surface area (Å²) < 4.78 is 34.5. The first-order valence-electron chi connectivity index (χ1n) is 30.3. The number of nitrogens with zero attached hydrogens (tertiary/aromatic N) is 1. The van der Waals surface area contributed by atoms with E-state index in [0.29, 0.717) is 17.4 Å².